The van der Waals surface area contributed by atoms with Crippen LogP contribution in [-0.2, 0) is 18.3 Å². The van der Waals surface area contributed by atoms with E-state index < -0.39 is 0 Å². The number of rotatable bonds is 3. The number of nitrogens with zero attached hydrogens (tertiary/aromatic N) is 4. The van der Waals surface area contributed by atoms with Crippen LogP contribution in [0.25, 0.3) is 10.3 Å². The first kappa shape index (κ1) is 15.2. The second-order valence-corrected chi connectivity index (χ2v) is 7.14. The molecule has 0 aliphatic carbocycles. The van der Waals surface area contributed by atoms with E-state index in [1.165, 1.54) is 0 Å². The summed E-state index contributed by atoms with van der Waals surface area (Å²) < 4.78 is 7.02. The summed E-state index contributed by atoms with van der Waals surface area (Å²) >= 11 is 1.55. The third-order valence-corrected chi connectivity index (χ3v) is 5.64. The van der Waals surface area contributed by atoms with Gasteiger partial charge in [-0.25, -0.2) is 9.97 Å². The van der Waals surface area contributed by atoms with Gasteiger partial charge in [-0.2, -0.15) is 0 Å². The van der Waals surface area contributed by atoms with Gasteiger partial charge in [-0.15, -0.1) is 0 Å². The van der Waals surface area contributed by atoms with Crippen molar-refractivity contribution in [3.8, 4) is 0 Å². The molecule has 4 heterocycles. The van der Waals surface area contributed by atoms with Crippen LogP contribution in [0.3, 0.4) is 0 Å². The van der Waals surface area contributed by atoms with Gasteiger partial charge in [0.15, 0.2) is 10.3 Å². The van der Waals surface area contributed by atoms with E-state index in [4.69, 9.17) is 9.72 Å². The molecule has 1 atom stereocenters. The third-order valence-electron chi connectivity index (χ3n) is 4.58. The maximum Gasteiger partial charge on any atom is 0.280 e. The number of morpholine rings is 1. The quantitative estimate of drug-likeness (QED) is 0.888. The Kier molecular flexibility index (Phi) is 4.14. The minimum atomic E-state index is -0.0428. The number of hydrogen-bond acceptors (Lipinski definition) is 7. The van der Waals surface area contributed by atoms with Gasteiger partial charge < -0.3 is 10.1 Å². The van der Waals surface area contributed by atoms with Crippen molar-refractivity contribution in [1.82, 2.24) is 24.8 Å². The maximum absolute atomic E-state index is 12.6. The average Bonchev–Trinajstić information content (AvgIpc) is 3.22. The lowest BCUT2D eigenvalue weighted by Gasteiger charge is -2.26. The Labute approximate surface area is 138 Å². The fourth-order valence-corrected chi connectivity index (χ4v) is 4.22. The molecule has 0 saturated carbocycles. The lowest BCUT2D eigenvalue weighted by Crippen LogP contribution is -2.37. The molecular weight excluding hydrogens is 314 g/mol. The summed E-state index contributed by atoms with van der Waals surface area (Å²) in [7, 11) is 1.79. The molecule has 8 heteroatoms. The highest BCUT2D eigenvalue weighted by Crippen LogP contribution is 2.28. The van der Waals surface area contributed by atoms with Crippen LogP contribution in [0.1, 0.15) is 29.7 Å². The topological polar surface area (TPSA) is 72.3 Å². The molecule has 1 N–H and O–H groups in total. The fraction of sp³-hybridized carbons (Fsp3) is 0.667. The zero-order chi connectivity index (χ0) is 15.8. The van der Waals surface area contributed by atoms with E-state index in [1.807, 2.05) is 0 Å². The zero-order valence-electron chi connectivity index (χ0n) is 13.2. The summed E-state index contributed by atoms with van der Waals surface area (Å²) in [5.74, 6) is 0.805. The number of aromatic nitrogens is 3. The van der Waals surface area contributed by atoms with Crippen molar-refractivity contribution in [2.75, 3.05) is 32.8 Å². The summed E-state index contributed by atoms with van der Waals surface area (Å²) in [5, 5.41) is 4.43. The van der Waals surface area contributed by atoms with Gasteiger partial charge in [-0.05, 0) is 19.4 Å². The average molecular weight is 335 g/mol. The van der Waals surface area contributed by atoms with E-state index in [-0.39, 0.29) is 11.6 Å². The van der Waals surface area contributed by atoms with Gasteiger partial charge in [0.25, 0.3) is 5.56 Å². The number of ether oxygens (including phenoxy) is 1. The minimum absolute atomic E-state index is 0.0428. The Morgan fingerprint density at radius 2 is 2.17 bits per heavy atom. The molecule has 0 aromatic carbocycles. The van der Waals surface area contributed by atoms with E-state index in [9.17, 15) is 4.79 Å². The van der Waals surface area contributed by atoms with Gasteiger partial charge in [0.1, 0.15) is 10.8 Å². The van der Waals surface area contributed by atoms with E-state index >= 15 is 0 Å². The van der Waals surface area contributed by atoms with Crippen LogP contribution in [0.2, 0.25) is 0 Å². The number of hydrogen-bond donors (Lipinski definition) is 1. The molecule has 0 bridgehead atoms. The lowest BCUT2D eigenvalue weighted by molar-refractivity contribution is 0.0326. The molecule has 2 saturated heterocycles. The van der Waals surface area contributed by atoms with Crippen molar-refractivity contribution in [3.05, 3.63) is 21.2 Å². The highest BCUT2D eigenvalue weighted by atomic mass is 32.1. The minimum Gasteiger partial charge on any atom is -0.379 e. The van der Waals surface area contributed by atoms with Crippen LogP contribution < -0.4 is 10.9 Å². The molecule has 2 fully saturated rings. The molecule has 23 heavy (non-hydrogen) atoms. The molecule has 0 amide bonds. The highest BCUT2D eigenvalue weighted by molar-refractivity contribution is 7.18. The Balaban J connectivity index is 1.68. The first-order valence-electron chi connectivity index (χ1n) is 8.12. The van der Waals surface area contributed by atoms with Crippen LogP contribution in [-0.4, -0.2) is 52.3 Å². The summed E-state index contributed by atoms with van der Waals surface area (Å²) in [4.78, 5) is 25.0. The van der Waals surface area contributed by atoms with Crippen LogP contribution in [0, 0.1) is 0 Å². The molecule has 7 nitrogen and oxygen atoms in total. The number of nitrogens with one attached hydrogen (secondary N) is 1. The van der Waals surface area contributed by atoms with E-state index in [0.29, 0.717) is 12.1 Å². The Morgan fingerprint density at radius 1 is 1.35 bits per heavy atom. The number of thiazole rings is 1. The summed E-state index contributed by atoms with van der Waals surface area (Å²) in [5.41, 5.74) is 0.464. The number of fused-ring (bicyclic) bond motifs is 1. The normalized spacial score (nSPS) is 22.9. The van der Waals surface area contributed by atoms with Crippen LogP contribution in [0.15, 0.2) is 4.79 Å². The lowest BCUT2D eigenvalue weighted by atomic mass is 10.2. The molecule has 2 aliphatic rings. The van der Waals surface area contributed by atoms with E-state index in [2.05, 4.69) is 15.2 Å². The predicted octanol–water partition coefficient (Wildman–Crippen LogP) is 0.647. The van der Waals surface area contributed by atoms with Gasteiger partial charge in [0.2, 0.25) is 0 Å². The van der Waals surface area contributed by atoms with Crippen molar-refractivity contribution in [2.45, 2.75) is 25.4 Å². The van der Waals surface area contributed by atoms with Crippen molar-refractivity contribution in [2.24, 2.45) is 7.05 Å². The maximum atomic E-state index is 12.6. The largest absolute Gasteiger partial charge is 0.379 e. The summed E-state index contributed by atoms with van der Waals surface area (Å²) in [6, 6.07) is 0.279. The highest BCUT2D eigenvalue weighted by Gasteiger charge is 2.23. The summed E-state index contributed by atoms with van der Waals surface area (Å²) in [6.45, 7) is 4.96. The van der Waals surface area contributed by atoms with Crippen molar-refractivity contribution in [3.63, 3.8) is 0 Å². The Hall–Kier alpha value is -1.35. The van der Waals surface area contributed by atoms with Gasteiger partial charge in [-0.1, -0.05) is 11.3 Å². The molecule has 0 spiro atoms. The molecular formula is C15H21N5O2S. The smallest absolute Gasteiger partial charge is 0.280 e. The fourth-order valence-electron chi connectivity index (χ4n) is 3.16. The standard InChI is InChI=1S/C15H21N5O2S/c1-19-11(9-20-5-7-22-8-6-20)17-14-12(15(19)21)18-13(23-14)10-3-2-4-16-10/h10,16H,2-9H2,1H3/t10-/m1/s1. The zero-order valence-corrected chi connectivity index (χ0v) is 14.1. The first-order valence-corrected chi connectivity index (χ1v) is 8.94. The van der Waals surface area contributed by atoms with Crippen molar-refractivity contribution >= 4 is 21.7 Å². The first-order chi connectivity index (χ1) is 11.2. The molecule has 0 radical (unpaired) electrons. The Morgan fingerprint density at radius 3 is 2.91 bits per heavy atom. The summed E-state index contributed by atoms with van der Waals surface area (Å²) in [6.07, 6.45) is 2.25. The van der Waals surface area contributed by atoms with E-state index in [1.54, 1.807) is 23.0 Å². The van der Waals surface area contributed by atoms with Crippen LogP contribution >= 0.6 is 11.3 Å². The Bertz CT molecular complexity index is 759. The van der Waals surface area contributed by atoms with Crippen LogP contribution in [0.5, 0.6) is 0 Å². The monoisotopic (exact) mass is 335 g/mol. The third kappa shape index (κ3) is 2.91. The molecule has 4 rings (SSSR count). The van der Waals surface area contributed by atoms with E-state index in [0.717, 1.165) is 61.4 Å². The second kappa shape index (κ2) is 6.27. The van der Waals surface area contributed by atoms with Crippen LogP contribution in [0.4, 0.5) is 0 Å². The second-order valence-electron chi connectivity index (χ2n) is 6.14. The predicted molar refractivity (Wildman–Crippen MR) is 88.7 cm³/mol. The SMILES string of the molecule is Cn1c(CN2CCOCC2)nc2sc([C@H]3CCCN3)nc2c1=O. The van der Waals surface area contributed by atoms with Crippen molar-refractivity contribution in [1.29, 1.82) is 0 Å². The van der Waals surface area contributed by atoms with Gasteiger partial charge >= 0.3 is 0 Å². The molecule has 2 aromatic heterocycles. The molecule has 2 aromatic rings. The van der Waals surface area contributed by atoms with Gasteiger partial charge in [0, 0.05) is 20.1 Å². The molecule has 0 unspecified atom stereocenters. The molecule has 2 aliphatic heterocycles. The van der Waals surface area contributed by atoms with Gasteiger partial charge in [0.05, 0.1) is 25.8 Å². The molecule has 124 valence electrons. The van der Waals surface area contributed by atoms with Crippen molar-refractivity contribution < 1.29 is 4.74 Å². The van der Waals surface area contributed by atoms with Gasteiger partial charge in [-0.3, -0.25) is 14.3 Å².